The number of benzene rings is 1. The molecule has 9 heteroatoms. The highest BCUT2D eigenvalue weighted by Crippen LogP contribution is 2.32. The third-order valence-corrected chi connectivity index (χ3v) is 5.33. The molecule has 2 aliphatic heterocycles. The second kappa shape index (κ2) is 6.59. The van der Waals surface area contributed by atoms with Gasteiger partial charge in [0.25, 0.3) is 6.43 Å². The number of rotatable bonds is 4. The van der Waals surface area contributed by atoms with Crippen molar-refractivity contribution >= 4 is 28.4 Å². The quantitative estimate of drug-likeness (QED) is 0.717. The van der Waals surface area contributed by atoms with Gasteiger partial charge in [0.2, 0.25) is 0 Å². The van der Waals surface area contributed by atoms with Gasteiger partial charge >= 0.3 is 0 Å². The predicted molar refractivity (Wildman–Crippen MR) is 99.5 cm³/mol. The number of hydrogen-bond donors (Lipinski definition) is 2. The van der Waals surface area contributed by atoms with Gasteiger partial charge in [-0.25, -0.2) is 28.1 Å². The molecule has 2 N–H and O–H groups in total. The van der Waals surface area contributed by atoms with Crippen LogP contribution in [0, 0.1) is 5.82 Å². The number of piperazine rings is 1. The number of halogens is 3. The van der Waals surface area contributed by atoms with Gasteiger partial charge in [-0.05, 0) is 24.6 Å². The normalized spacial score (nSPS) is 21.1. The maximum Gasteiger partial charge on any atom is 0.266 e. The number of anilines is 3. The molecule has 0 unspecified atom stereocenters. The SMILES string of the molecule is Fc1c(Nc2ncnc3ccc(N4C[C@@H]5C[C@H]4CN5)nc23)cccc1C(F)F. The average Bonchev–Trinajstić information content (AvgIpc) is 3.33. The average molecular weight is 386 g/mol. The standard InChI is InChI=1S/C19H17F3N6/c20-16-12(18(21)22)2-1-3-13(16)26-19-17-14(24-9-25-19)4-5-15(27-17)28-8-10-6-11(28)7-23-10/h1-5,9-11,18,23H,6-8H2,(H,24,25,26)/t10-,11-/m0/s1. The van der Waals surface area contributed by atoms with Crippen molar-refractivity contribution in [1.29, 1.82) is 0 Å². The maximum absolute atomic E-state index is 14.4. The van der Waals surface area contributed by atoms with Crippen LogP contribution in [-0.4, -0.2) is 40.1 Å². The summed E-state index contributed by atoms with van der Waals surface area (Å²) in [7, 11) is 0. The molecule has 4 heterocycles. The van der Waals surface area contributed by atoms with Crippen LogP contribution < -0.4 is 15.5 Å². The van der Waals surface area contributed by atoms with E-state index < -0.39 is 17.8 Å². The van der Waals surface area contributed by atoms with Gasteiger partial charge in [-0.3, -0.25) is 0 Å². The Balaban J connectivity index is 1.53. The van der Waals surface area contributed by atoms with Crippen LogP contribution in [-0.2, 0) is 0 Å². The van der Waals surface area contributed by atoms with E-state index in [0.717, 1.165) is 31.4 Å². The van der Waals surface area contributed by atoms with Gasteiger partial charge in [-0.1, -0.05) is 12.1 Å². The second-order valence-corrected chi connectivity index (χ2v) is 7.04. The van der Waals surface area contributed by atoms with Crippen LogP contribution in [0.15, 0.2) is 36.7 Å². The van der Waals surface area contributed by atoms with Gasteiger partial charge in [-0.2, -0.15) is 0 Å². The Morgan fingerprint density at radius 3 is 2.82 bits per heavy atom. The van der Waals surface area contributed by atoms with E-state index >= 15 is 0 Å². The molecule has 2 aromatic heterocycles. The number of pyridine rings is 1. The number of fused-ring (bicyclic) bond motifs is 3. The van der Waals surface area contributed by atoms with Crippen molar-refractivity contribution in [3.8, 4) is 0 Å². The summed E-state index contributed by atoms with van der Waals surface area (Å²) in [6.45, 7) is 1.80. The van der Waals surface area contributed by atoms with Crippen molar-refractivity contribution in [2.75, 3.05) is 23.3 Å². The number of aromatic nitrogens is 3. The molecule has 2 atom stereocenters. The first-order valence-corrected chi connectivity index (χ1v) is 9.05. The molecule has 0 amide bonds. The summed E-state index contributed by atoms with van der Waals surface area (Å²) in [6, 6.07) is 8.46. The van der Waals surface area contributed by atoms with E-state index in [1.807, 2.05) is 12.1 Å². The molecular weight excluding hydrogens is 369 g/mol. The van der Waals surface area contributed by atoms with E-state index in [-0.39, 0.29) is 11.5 Å². The van der Waals surface area contributed by atoms with Gasteiger partial charge in [0.15, 0.2) is 11.6 Å². The van der Waals surface area contributed by atoms with Gasteiger partial charge in [0.05, 0.1) is 16.8 Å². The van der Waals surface area contributed by atoms with Gasteiger partial charge in [0.1, 0.15) is 17.7 Å². The van der Waals surface area contributed by atoms with Crippen LogP contribution >= 0.6 is 0 Å². The zero-order valence-electron chi connectivity index (χ0n) is 14.7. The molecule has 2 fully saturated rings. The minimum absolute atomic E-state index is 0.0746. The van der Waals surface area contributed by atoms with Crippen LogP contribution in [0.25, 0.3) is 11.0 Å². The van der Waals surface area contributed by atoms with Crippen molar-refractivity contribution in [2.45, 2.75) is 24.9 Å². The van der Waals surface area contributed by atoms with E-state index in [4.69, 9.17) is 4.98 Å². The Bertz CT molecular complexity index is 1040. The molecular formula is C19H17F3N6. The number of nitrogens with one attached hydrogen (secondary N) is 2. The van der Waals surface area contributed by atoms with E-state index in [1.165, 1.54) is 18.5 Å². The zero-order chi connectivity index (χ0) is 19.3. The molecule has 2 bridgehead atoms. The molecule has 5 rings (SSSR count). The Morgan fingerprint density at radius 2 is 2.07 bits per heavy atom. The lowest BCUT2D eigenvalue weighted by atomic mass is 10.2. The lowest BCUT2D eigenvalue weighted by molar-refractivity contribution is 0.146. The van der Waals surface area contributed by atoms with Crippen molar-refractivity contribution in [3.63, 3.8) is 0 Å². The third-order valence-electron chi connectivity index (χ3n) is 5.33. The molecule has 0 spiro atoms. The highest BCUT2D eigenvalue weighted by molar-refractivity contribution is 5.88. The summed E-state index contributed by atoms with van der Waals surface area (Å²) >= 11 is 0. The lowest BCUT2D eigenvalue weighted by Crippen LogP contribution is -2.44. The lowest BCUT2D eigenvalue weighted by Gasteiger charge is -2.28. The second-order valence-electron chi connectivity index (χ2n) is 7.04. The molecule has 2 saturated heterocycles. The van der Waals surface area contributed by atoms with Crippen molar-refractivity contribution in [2.24, 2.45) is 0 Å². The Labute approximate surface area is 158 Å². The zero-order valence-corrected chi connectivity index (χ0v) is 14.7. The summed E-state index contributed by atoms with van der Waals surface area (Å²) in [6.07, 6.45) is -0.475. The summed E-state index contributed by atoms with van der Waals surface area (Å²) < 4.78 is 40.4. The Morgan fingerprint density at radius 1 is 1.18 bits per heavy atom. The molecule has 0 radical (unpaired) electrons. The van der Waals surface area contributed by atoms with E-state index in [9.17, 15) is 13.2 Å². The molecule has 28 heavy (non-hydrogen) atoms. The first-order valence-electron chi connectivity index (χ1n) is 9.05. The minimum atomic E-state index is -2.90. The van der Waals surface area contributed by atoms with Crippen LogP contribution in [0.1, 0.15) is 18.4 Å². The Hall–Kier alpha value is -2.94. The summed E-state index contributed by atoms with van der Waals surface area (Å²) in [5.74, 6) is 0.0872. The molecule has 2 aliphatic rings. The fourth-order valence-corrected chi connectivity index (χ4v) is 3.97. The van der Waals surface area contributed by atoms with Crippen molar-refractivity contribution < 1.29 is 13.2 Å². The monoisotopic (exact) mass is 386 g/mol. The van der Waals surface area contributed by atoms with Crippen LogP contribution in [0.3, 0.4) is 0 Å². The van der Waals surface area contributed by atoms with Gasteiger partial charge < -0.3 is 15.5 Å². The summed E-state index contributed by atoms with van der Waals surface area (Å²) in [4.78, 5) is 15.3. The smallest absolute Gasteiger partial charge is 0.266 e. The first-order chi connectivity index (χ1) is 13.6. The molecule has 6 nitrogen and oxygen atoms in total. The predicted octanol–water partition coefficient (Wildman–Crippen LogP) is 3.40. The third kappa shape index (κ3) is 2.82. The largest absolute Gasteiger partial charge is 0.351 e. The topological polar surface area (TPSA) is 66.0 Å². The summed E-state index contributed by atoms with van der Waals surface area (Å²) in [5, 5.41) is 6.26. The minimum Gasteiger partial charge on any atom is -0.351 e. The summed E-state index contributed by atoms with van der Waals surface area (Å²) in [5.41, 5.74) is 0.332. The van der Waals surface area contributed by atoms with Crippen molar-refractivity contribution in [1.82, 2.24) is 20.3 Å². The fraction of sp³-hybridized carbons (Fsp3) is 0.316. The van der Waals surface area contributed by atoms with Crippen LogP contribution in [0.5, 0.6) is 0 Å². The van der Waals surface area contributed by atoms with Crippen LogP contribution in [0.2, 0.25) is 0 Å². The number of alkyl halides is 2. The molecule has 1 aromatic carbocycles. The Kier molecular flexibility index (Phi) is 4.04. The first kappa shape index (κ1) is 17.2. The van der Waals surface area contributed by atoms with E-state index in [1.54, 1.807) is 0 Å². The maximum atomic E-state index is 14.4. The number of nitrogens with zero attached hydrogens (tertiary/aromatic N) is 4. The van der Waals surface area contributed by atoms with Crippen LogP contribution in [0.4, 0.5) is 30.5 Å². The molecule has 144 valence electrons. The van der Waals surface area contributed by atoms with Gasteiger partial charge in [-0.15, -0.1) is 0 Å². The fourth-order valence-electron chi connectivity index (χ4n) is 3.97. The molecule has 0 aliphatic carbocycles. The van der Waals surface area contributed by atoms with E-state index in [0.29, 0.717) is 23.1 Å². The van der Waals surface area contributed by atoms with Gasteiger partial charge in [0, 0.05) is 25.2 Å². The van der Waals surface area contributed by atoms with E-state index in [2.05, 4.69) is 25.5 Å². The highest BCUT2D eigenvalue weighted by Gasteiger charge is 2.38. The number of hydrogen-bond acceptors (Lipinski definition) is 6. The molecule has 3 aromatic rings. The highest BCUT2D eigenvalue weighted by atomic mass is 19.3. The van der Waals surface area contributed by atoms with Crippen molar-refractivity contribution in [3.05, 3.63) is 48.0 Å². The molecule has 0 saturated carbocycles.